The zero-order chi connectivity index (χ0) is 13.9. The van der Waals surface area contributed by atoms with Crippen LogP contribution in [0.2, 0.25) is 0 Å². The van der Waals surface area contributed by atoms with Gasteiger partial charge in [0.15, 0.2) is 0 Å². The Balaban J connectivity index is 1.96. The maximum absolute atomic E-state index is 5.67. The lowest BCUT2D eigenvalue weighted by molar-refractivity contribution is 0.256. The van der Waals surface area contributed by atoms with E-state index >= 15 is 0 Å². The monoisotopic (exact) mass is 262 g/mol. The van der Waals surface area contributed by atoms with E-state index in [1.807, 2.05) is 6.08 Å². The highest BCUT2D eigenvalue weighted by atomic mass is 16.3. The number of rotatable bonds is 7. The smallest absolute Gasteiger partial charge is 0.122 e. The van der Waals surface area contributed by atoms with Crippen molar-refractivity contribution in [2.75, 3.05) is 6.54 Å². The molecule has 0 atom stereocenters. The third-order valence-corrected chi connectivity index (χ3v) is 3.42. The van der Waals surface area contributed by atoms with E-state index in [1.165, 1.54) is 18.4 Å². The Bertz CT molecular complexity index is 413. The SMILES string of the molecule is C=CCN(Cc1occc1CNC(C)(C)C)C1CC1. The third-order valence-electron chi connectivity index (χ3n) is 3.42. The first-order chi connectivity index (χ1) is 8.99. The Hall–Kier alpha value is -1.06. The molecule has 0 amide bonds. The molecule has 1 aromatic heterocycles. The number of furan rings is 1. The molecule has 3 nitrogen and oxygen atoms in total. The van der Waals surface area contributed by atoms with Crippen LogP contribution in [0.5, 0.6) is 0 Å². The minimum absolute atomic E-state index is 0.131. The molecule has 3 heteroatoms. The zero-order valence-electron chi connectivity index (χ0n) is 12.4. The Kier molecular flexibility index (Phi) is 4.48. The fourth-order valence-corrected chi connectivity index (χ4v) is 2.16. The molecule has 1 aliphatic carbocycles. The van der Waals surface area contributed by atoms with Gasteiger partial charge in [-0.2, -0.15) is 0 Å². The van der Waals surface area contributed by atoms with Gasteiger partial charge in [0.25, 0.3) is 0 Å². The standard InChI is InChI=1S/C16H26N2O/c1-5-9-18(14-6-7-14)12-15-13(8-10-19-15)11-17-16(2,3)4/h5,8,10,14,17H,1,6-7,9,11-12H2,2-4H3. The Morgan fingerprint density at radius 3 is 2.79 bits per heavy atom. The number of nitrogens with one attached hydrogen (secondary N) is 1. The summed E-state index contributed by atoms with van der Waals surface area (Å²) >= 11 is 0. The lowest BCUT2D eigenvalue weighted by Crippen LogP contribution is -2.35. The molecule has 0 saturated heterocycles. The molecule has 0 aliphatic heterocycles. The van der Waals surface area contributed by atoms with Crippen LogP contribution < -0.4 is 5.32 Å². The Morgan fingerprint density at radius 1 is 1.47 bits per heavy atom. The predicted octanol–water partition coefficient (Wildman–Crippen LogP) is 3.32. The molecule has 0 bridgehead atoms. The Labute approximate surface area is 116 Å². The second kappa shape index (κ2) is 5.93. The molecule has 19 heavy (non-hydrogen) atoms. The van der Waals surface area contributed by atoms with Crippen LogP contribution in [0.3, 0.4) is 0 Å². The van der Waals surface area contributed by atoms with Gasteiger partial charge in [-0.15, -0.1) is 6.58 Å². The fourth-order valence-electron chi connectivity index (χ4n) is 2.16. The summed E-state index contributed by atoms with van der Waals surface area (Å²) in [5.74, 6) is 1.09. The van der Waals surface area contributed by atoms with Crippen molar-refractivity contribution in [1.29, 1.82) is 0 Å². The van der Waals surface area contributed by atoms with Gasteiger partial charge in [0.2, 0.25) is 0 Å². The lowest BCUT2D eigenvalue weighted by Gasteiger charge is -2.22. The molecule has 0 spiro atoms. The van der Waals surface area contributed by atoms with Gasteiger partial charge in [0.1, 0.15) is 5.76 Å². The minimum Gasteiger partial charge on any atom is -0.468 e. The van der Waals surface area contributed by atoms with Gasteiger partial charge in [-0.05, 0) is 39.7 Å². The second-order valence-corrected chi connectivity index (χ2v) is 6.42. The van der Waals surface area contributed by atoms with Crippen LogP contribution in [0.4, 0.5) is 0 Å². The molecule has 1 fully saturated rings. The number of hydrogen-bond acceptors (Lipinski definition) is 3. The quantitative estimate of drug-likeness (QED) is 0.764. The summed E-state index contributed by atoms with van der Waals surface area (Å²) in [5, 5.41) is 3.52. The van der Waals surface area contributed by atoms with Crippen molar-refractivity contribution >= 4 is 0 Å². The molecule has 1 heterocycles. The molecule has 1 aliphatic rings. The topological polar surface area (TPSA) is 28.4 Å². The van der Waals surface area contributed by atoms with E-state index in [0.29, 0.717) is 0 Å². The van der Waals surface area contributed by atoms with E-state index in [2.05, 4.69) is 43.6 Å². The first kappa shape index (κ1) is 14.4. The summed E-state index contributed by atoms with van der Waals surface area (Å²) in [6, 6.07) is 2.80. The summed E-state index contributed by atoms with van der Waals surface area (Å²) < 4.78 is 5.67. The van der Waals surface area contributed by atoms with Crippen molar-refractivity contribution < 1.29 is 4.42 Å². The molecule has 2 rings (SSSR count). The third kappa shape index (κ3) is 4.51. The first-order valence-electron chi connectivity index (χ1n) is 7.15. The van der Waals surface area contributed by atoms with E-state index in [9.17, 15) is 0 Å². The predicted molar refractivity (Wildman–Crippen MR) is 78.9 cm³/mol. The largest absolute Gasteiger partial charge is 0.468 e. The molecule has 0 aromatic carbocycles. The number of hydrogen-bond donors (Lipinski definition) is 1. The summed E-state index contributed by atoms with van der Waals surface area (Å²) in [6.45, 7) is 13.1. The van der Waals surface area contributed by atoms with Gasteiger partial charge in [-0.25, -0.2) is 0 Å². The summed E-state index contributed by atoms with van der Waals surface area (Å²) in [6.07, 6.45) is 6.40. The molecule has 106 valence electrons. The normalized spacial score (nSPS) is 16.0. The van der Waals surface area contributed by atoms with Gasteiger partial charge < -0.3 is 9.73 Å². The molecule has 0 radical (unpaired) electrons. The van der Waals surface area contributed by atoms with Crippen LogP contribution in [0.15, 0.2) is 29.4 Å². The van der Waals surface area contributed by atoms with Crippen LogP contribution in [-0.4, -0.2) is 23.0 Å². The zero-order valence-corrected chi connectivity index (χ0v) is 12.4. The fraction of sp³-hybridized carbons (Fsp3) is 0.625. The molecular formula is C16H26N2O. The van der Waals surface area contributed by atoms with E-state index in [-0.39, 0.29) is 5.54 Å². The van der Waals surface area contributed by atoms with Gasteiger partial charge in [0, 0.05) is 30.2 Å². The van der Waals surface area contributed by atoms with Crippen LogP contribution in [-0.2, 0) is 13.1 Å². The molecular weight excluding hydrogens is 236 g/mol. The van der Waals surface area contributed by atoms with E-state index in [0.717, 1.165) is 31.4 Å². The van der Waals surface area contributed by atoms with Crippen LogP contribution in [0, 0.1) is 0 Å². The van der Waals surface area contributed by atoms with E-state index < -0.39 is 0 Å². The van der Waals surface area contributed by atoms with Gasteiger partial charge in [-0.3, -0.25) is 4.90 Å². The highest BCUT2D eigenvalue weighted by molar-refractivity contribution is 5.17. The highest BCUT2D eigenvalue weighted by Gasteiger charge is 2.29. The average Bonchev–Trinajstić information content (AvgIpc) is 3.07. The number of nitrogens with zero attached hydrogens (tertiary/aromatic N) is 1. The Morgan fingerprint density at radius 2 is 2.21 bits per heavy atom. The van der Waals surface area contributed by atoms with E-state index in [4.69, 9.17) is 4.42 Å². The summed E-state index contributed by atoms with van der Waals surface area (Å²) in [7, 11) is 0. The maximum atomic E-state index is 5.67. The summed E-state index contributed by atoms with van der Waals surface area (Å²) in [5.41, 5.74) is 1.40. The molecule has 1 aromatic rings. The van der Waals surface area contributed by atoms with Gasteiger partial charge in [0.05, 0.1) is 12.8 Å². The maximum Gasteiger partial charge on any atom is 0.122 e. The van der Waals surface area contributed by atoms with Crippen LogP contribution >= 0.6 is 0 Å². The minimum atomic E-state index is 0.131. The van der Waals surface area contributed by atoms with Crippen LogP contribution in [0.1, 0.15) is 44.9 Å². The molecule has 1 N–H and O–H groups in total. The van der Waals surface area contributed by atoms with Crippen molar-refractivity contribution in [3.05, 3.63) is 36.3 Å². The van der Waals surface area contributed by atoms with Crippen molar-refractivity contribution in [2.24, 2.45) is 0 Å². The van der Waals surface area contributed by atoms with Crippen molar-refractivity contribution in [3.63, 3.8) is 0 Å². The van der Waals surface area contributed by atoms with Crippen molar-refractivity contribution in [2.45, 2.75) is 58.3 Å². The lowest BCUT2D eigenvalue weighted by atomic mass is 10.1. The van der Waals surface area contributed by atoms with Gasteiger partial charge in [-0.1, -0.05) is 6.08 Å². The van der Waals surface area contributed by atoms with Crippen molar-refractivity contribution in [3.8, 4) is 0 Å². The first-order valence-corrected chi connectivity index (χ1v) is 7.15. The van der Waals surface area contributed by atoms with E-state index in [1.54, 1.807) is 6.26 Å². The average molecular weight is 262 g/mol. The molecule has 0 unspecified atom stereocenters. The highest BCUT2D eigenvalue weighted by Crippen LogP contribution is 2.29. The van der Waals surface area contributed by atoms with Crippen LogP contribution in [0.25, 0.3) is 0 Å². The summed E-state index contributed by atoms with van der Waals surface area (Å²) in [4.78, 5) is 2.45. The van der Waals surface area contributed by atoms with Crippen molar-refractivity contribution in [1.82, 2.24) is 10.2 Å². The molecule has 1 saturated carbocycles. The second-order valence-electron chi connectivity index (χ2n) is 6.42. The van der Waals surface area contributed by atoms with Gasteiger partial charge >= 0.3 is 0 Å².